The van der Waals surface area contributed by atoms with Crippen LogP contribution in [-0.2, 0) is 6.54 Å². The maximum Gasteiger partial charge on any atom is 0.0922 e. The van der Waals surface area contributed by atoms with Crippen molar-refractivity contribution in [2.45, 2.75) is 58.4 Å². The van der Waals surface area contributed by atoms with Crippen molar-refractivity contribution in [3.8, 4) is 0 Å². The number of aromatic amines is 1. The number of aromatic nitrogens is 2. The largest absolute Gasteiger partial charge is 0.347 e. The molecule has 1 aromatic rings. The summed E-state index contributed by atoms with van der Waals surface area (Å²) in [5.74, 6) is 0. The molecule has 17 heavy (non-hydrogen) atoms. The number of H-pyrrole nitrogens is 1. The number of halogens is 1. The lowest BCUT2D eigenvalue weighted by Crippen LogP contribution is -2.14. The van der Waals surface area contributed by atoms with Gasteiger partial charge >= 0.3 is 0 Å². The van der Waals surface area contributed by atoms with Crippen molar-refractivity contribution < 1.29 is 0 Å². The summed E-state index contributed by atoms with van der Waals surface area (Å²) in [6, 6.07) is 0. The lowest BCUT2D eigenvalue weighted by molar-refractivity contribution is 0.561. The fourth-order valence-corrected chi connectivity index (χ4v) is 1.81. The maximum absolute atomic E-state index is 3.98. The lowest BCUT2D eigenvalue weighted by Gasteiger charge is -2.03. The van der Waals surface area contributed by atoms with Crippen LogP contribution < -0.4 is 5.32 Å². The van der Waals surface area contributed by atoms with Gasteiger partial charge in [0.25, 0.3) is 0 Å². The van der Waals surface area contributed by atoms with E-state index in [1.165, 1.54) is 50.6 Å². The van der Waals surface area contributed by atoms with Gasteiger partial charge in [-0.1, -0.05) is 45.4 Å². The molecule has 100 valence electrons. The van der Waals surface area contributed by atoms with Crippen LogP contribution in [0.2, 0.25) is 0 Å². The van der Waals surface area contributed by atoms with E-state index in [2.05, 4.69) is 22.2 Å². The lowest BCUT2D eigenvalue weighted by atomic mass is 10.1. The van der Waals surface area contributed by atoms with Crippen LogP contribution in [0.1, 0.15) is 57.6 Å². The molecular formula is C13H26ClN3. The van der Waals surface area contributed by atoms with Gasteiger partial charge in [0.2, 0.25) is 0 Å². The molecule has 0 amide bonds. The molecule has 0 spiro atoms. The number of rotatable bonds is 10. The molecule has 0 atom stereocenters. The molecule has 0 saturated heterocycles. The minimum atomic E-state index is 0. The molecule has 0 bridgehead atoms. The van der Waals surface area contributed by atoms with Gasteiger partial charge in [-0.3, -0.25) is 0 Å². The molecule has 0 saturated carbocycles. The highest BCUT2D eigenvalue weighted by atomic mass is 35.5. The number of imidazole rings is 1. The Labute approximate surface area is 111 Å². The second kappa shape index (κ2) is 11.9. The molecule has 4 heteroatoms. The van der Waals surface area contributed by atoms with Crippen LogP contribution in [0.3, 0.4) is 0 Å². The molecule has 3 nitrogen and oxygen atoms in total. The van der Waals surface area contributed by atoms with Crippen LogP contribution in [0, 0.1) is 0 Å². The van der Waals surface area contributed by atoms with E-state index in [1.54, 1.807) is 6.33 Å². The van der Waals surface area contributed by atoms with E-state index in [4.69, 9.17) is 0 Å². The van der Waals surface area contributed by atoms with Crippen molar-refractivity contribution in [2.24, 2.45) is 0 Å². The summed E-state index contributed by atoms with van der Waals surface area (Å²) in [4.78, 5) is 7.07. The van der Waals surface area contributed by atoms with Crippen molar-refractivity contribution >= 4 is 12.4 Å². The Morgan fingerprint density at radius 1 is 1.12 bits per heavy atom. The topological polar surface area (TPSA) is 40.7 Å². The van der Waals surface area contributed by atoms with Gasteiger partial charge < -0.3 is 10.3 Å². The standard InChI is InChI=1S/C13H25N3.ClH/c1-2-3-4-5-6-7-8-9-14-10-13-11-15-12-16-13;/h11-12,14H,2-10H2,1H3,(H,15,16);1H. The van der Waals surface area contributed by atoms with E-state index in [1.807, 2.05) is 6.20 Å². The first kappa shape index (κ1) is 16.5. The SMILES string of the molecule is CCCCCCCCCNCc1cnc[nH]1.Cl. The number of nitrogens with one attached hydrogen (secondary N) is 2. The van der Waals surface area contributed by atoms with E-state index in [0.717, 1.165) is 13.1 Å². The van der Waals surface area contributed by atoms with E-state index >= 15 is 0 Å². The molecule has 2 N–H and O–H groups in total. The van der Waals surface area contributed by atoms with Gasteiger partial charge in [-0.15, -0.1) is 12.4 Å². The zero-order valence-corrected chi connectivity index (χ0v) is 11.7. The summed E-state index contributed by atoms with van der Waals surface area (Å²) < 4.78 is 0. The zero-order chi connectivity index (χ0) is 11.5. The van der Waals surface area contributed by atoms with Crippen LogP contribution in [0.15, 0.2) is 12.5 Å². The Balaban J connectivity index is 0.00000256. The Kier molecular flexibility index (Phi) is 11.6. The average Bonchev–Trinajstić information content (AvgIpc) is 2.80. The Hall–Kier alpha value is -0.540. The minimum Gasteiger partial charge on any atom is -0.347 e. The van der Waals surface area contributed by atoms with Crippen molar-refractivity contribution in [3.63, 3.8) is 0 Å². The first-order chi connectivity index (χ1) is 7.93. The molecular weight excluding hydrogens is 234 g/mol. The third-order valence-corrected chi connectivity index (χ3v) is 2.83. The van der Waals surface area contributed by atoms with Gasteiger partial charge in [-0.05, 0) is 13.0 Å². The van der Waals surface area contributed by atoms with Crippen LogP contribution in [0.25, 0.3) is 0 Å². The molecule has 1 rings (SSSR count). The maximum atomic E-state index is 3.98. The van der Waals surface area contributed by atoms with Gasteiger partial charge in [0.1, 0.15) is 0 Å². The summed E-state index contributed by atoms with van der Waals surface area (Å²) in [6.07, 6.45) is 13.2. The number of hydrogen-bond donors (Lipinski definition) is 2. The van der Waals surface area contributed by atoms with Crippen LogP contribution in [0.5, 0.6) is 0 Å². The highest BCUT2D eigenvalue weighted by Crippen LogP contribution is 2.06. The number of hydrogen-bond acceptors (Lipinski definition) is 2. The molecule has 0 aliphatic carbocycles. The highest BCUT2D eigenvalue weighted by molar-refractivity contribution is 5.85. The molecule has 0 aromatic carbocycles. The second-order valence-electron chi connectivity index (χ2n) is 4.37. The van der Waals surface area contributed by atoms with E-state index in [-0.39, 0.29) is 12.4 Å². The summed E-state index contributed by atoms with van der Waals surface area (Å²) >= 11 is 0. The fourth-order valence-electron chi connectivity index (χ4n) is 1.81. The fraction of sp³-hybridized carbons (Fsp3) is 0.769. The smallest absolute Gasteiger partial charge is 0.0922 e. The molecule has 0 aliphatic heterocycles. The summed E-state index contributed by atoms with van der Waals surface area (Å²) in [5.41, 5.74) is 1.17. The van der Waals surface area contributed by atoms with Crippen molar-refractivity contribution in [2.75, 3.05) is 6.54 Å². The van der Waals surface area contributed by atoms with E-state index < -0.39 is 0 Å². The van der Waals surface area contributed by atoms with Gasteiger partial charge in [-0.2, -0.15) is 0 Å². The Morgan fingerprint density at radius 2 is 1.82 bits per heavy atom. The normalized spacial score (nSPS) is 10.2. The van der Waals surface area contributed by atoms with Gasteiger partial charge in [0.05, 0.1) is 6.33 Å². The predicted molar refractivity (Wildman–Crippen MR) is 75.5 cm³/mol. The molecule has 1 heterocycles. The molecule has 0 fully saturated rings. The highest BCUT2D eigenvalue weighted by Gasteiger charge is 1.93. The number of nitrogens with zero attached hydrogens (tertiary/aromatic N) is 1. The van der Waals surface area contributed by atoms with Gasteiger partial charge in [0, 0.05) is 18.4 Å². The van der Waals surface area contributed by atoms with Crippen molar-refractivity contribution in [1.29, 1.82) is 0 Å². The summed E-state index contributed by atoms with van der Waals surface area (Å²) in [6.45, 7) is 4.29. The average molecular weight is 260 g/mol. The Bertz CT molecular complexity index is 237. The molecule has 0 unspecified atom stereocenters. The third-order valence-electron chi connectivity index (χ3n) is 2.83. The second-order valence-corrected chi connectivity index (χ2v) is 4.37. The monoisotopic (exact) mass is 259 g/mol. The Morgan fingerprint density at radius 3 is 2.47 bits per heavy atom. The predicted octanol–water partition coefficient (Wildman–Crippen LogP) is 3.67. The minimum absolute atomic E-state index is 0. The number of unbranched alkanes of at least 4 members (excludes halogenated alkanes) is 6. The molecule has 1 aromatic heterocycles. The quantitative estimate of drug-likeness (QED) is 0.630. The van der Waals surface area contributed by atoms with Crippen molar-refractivity contribution in [1.82, 2.24) is 15.3 Å². The van der Waals surface area contributed by atoms with Gasteiger partial charge in [0.15, 0.2) is 0 Å². The summed E-state index contributed by atoms with van der Waals surface area (Å²) in [5, 5.41) is 3.42. The first-order valence-electron chi connectivity index (χ1n) is 6.61. The summed E-state index contributed by atoms with van der Waals surface area (Å²) in [7, 11) is 0. The van der Waals surface area contributed by atoms with E-state index in [0.29, 0.717) is 0 Å². The first-order valence-corrected chi connectivity index (χ1v) is 6.61. The van der Waals surface area contributed by atoms with Gasteiger partial charge in [-0.25, -0.2) is 4.98 Å². The van der Waals surface area contributed by atoms with Crippen LogP contribution in [-0.4, -0.2) is 16.5 Å². The van der Waals surface area contributed by atoms with Crippen LogP contribution in [0.4, 0.5) is 0 Å². The third kappa shape index (κ3) is 9.19. The molecule has 0 aliphatic rings. The van der Waals surface area contributed by atoms with Crippen molar-refractivity contribution in [3.05, 3.63) is 18.2 Å². The molecule has 0 radical (unpaired) electrons. The van der Waals surface area contributed by atoms with E-state index in [9.17, 15) is 0 Å². The van der Waals surface area contributed by atoms with Crippen LogP contribution >= 0.6 is 12.4 Å². The zero-order valence-electron chi connectivity index (χ0n) is 10.9.